The summed E-state index contributed by atoms with van der Waals surface area (Å²) in [6.45, 7) is 1.19. The highest BCUT2D eigenvalue weighted by Crippen LogP contribution is 2.31. The van der Waals surface area contributed by atoms with Gasteiger partial charge in [-0.15, -0.1) is 0 Å². The highest BCUT2D eigenvalue weighted by molar-refractivity contribution is 5.97. The van der Waals surface area contributed by atoms with Gasteiger partial charge in [0, 0.05) is 13.1 Å². The van der Waals surface area contributed by atoms with Crippen LogP contribution in [-0.4, -0.2) is 62.5 Å². The van der Waals surface area contributed by atoms with Crippen molar-refractivity contribution in [1.29, 1.82) is 0 Å². The molecule has 0 radical (unpaired) electrons. The fourth-order valence-electron chi connectivity index (χ4n) is 2.24. The molecule has 1 unspecified atom stereocenters. The third-order valence-electron chi connectivity index (χ3n) is 3.26. The number of para-hydroxylation sites is 1. The van der Waals surface area contributed by atoms with Crippen LogP contribution in [0.4, 0.5) is 0 Å². The summed E-state index contributed by atoms with van der Waals surface area (Å²) in [7, 11) is 3.03. The van der Waals surface area contributed by atoms with Crippen molar-refractivity contribution in [2.45, 2.75) is 6.10 Å². The van der Waals surface area contributed by atoms with Gasteiger partial charge in [-0.05, 0) is 12.1 Å². The summed E-state index contributed by atoms with van der Waals surface area (Å²) < 4.78 is 15.8. The molecule has 1 atom stereocenters. The summed E-state index contributed by atoms with van der Waals surface area (Å²) >= 11 is 0. The Hall–Kier alpha value is -1.79. The standard InChI is InChI=1S/C14H19NO5/c1-18-12-5-3-4-11(13(12)19-2)14(17)15-6-7-20-10(8-15)9-16/h3-5,10,16H,6-9H2,1-2H3. The van der Waals surface area contributed by atoms with Crippen molar-refractivity contribution in [1.82, 2.24) is 4.90 Å². The maximum Gasteiger partial charge on any atom is 0.257 e. The van der Waals surface area contributed by atoms with Crippen molar-refractivity contribution in [3.8, 4) is 11.5 Å². The number of hydrogen-bond donors (Lipinski definition) is 1. The van der Waals surface area contributed by atoms with E-state index < -0.39 is 0 Å². The second kappa shape index (κ2) is 6.58. The molecule has 1 N–H and O–H groups in total. The van der Waals surface area contributed by atoms with E-state index in [9.17, 15) is 4.79 Å². The summed E-state index contributed by atoms with van der Waals surface area (Å²) in [5.74, 6) is 0.792. The smallest absolute Gasteiger partial charge is 0.257 e. The molecule has 0 bridgehead atoms. The molecule has 1 amide bonds. The van der Waals surface area contributed by atoms with Crippen LogP contribution in [0, 0.1) is 0 Å². The highest BCUT2D eigenvalue weighted by Gasteiger charge is 2.27. The first-order chi connectivity index (χ1) is 9.71. The number of methoxy groups -OCH3 is 2. The van der Waals surface area contributed by atoms with Gasteiger partial charge in [0.2, 0.25) is 0 Å². The summed E-state index contributed by atoms with van der Waals surface area (Å²) in [6.07, 6.45) is -0.329. The average Bonchev–Trinajstić information content (AvgIpc) is 2.53. The van der Waals surface area contributed by atoms with Crippen LogP contribution in [-0.2, 0) is 4.74 Å². The lowest BCUT2D eigenvalue weighted by atomic mass is 10.1. The predicted molar refractivity (Wildman–Crippen MR) is 72.3 cm³/mol. The summed E-state index contributed by atoms with van der Waals surface area (Å²) in [4.78, 5) is 14.2. The van der Waals surface area contributed by atoms with Gasteiger partial charge in [-0.25, -0.2) is 0 Å². The van der Waals surface area contributed by atoms with Gasteiger partial charge in [-0.3, -0.25) is 4.79 Å². The van der Waals surface area contributed by atoms with E-state index in [-0.39, 0.29) is 18.6 Å². The molecule has 1 fully saturated rings. The minimum Gasteiger partial charge on any atom is -0.493 e. The van der Waals surface area contributed by atoms with Crippen LogP contribution in [0.5, 0.6) is 11.5 Å². The first kappa shape index (κ1) is 14.6. The maximum atomic E-state index is 12.6. The number of aliphatic hydroxyl groups excluding tert-OH is 1. The maximum absolute atomic E-state index is 12.6. The molecule has 1 aromatic rings. The molecule has 0 spiro atoms. The number of rotatable bonds is 4. The Morgan fingerprint density at radius 3 is 2.90 bits per heavy atom. The number of morpholine rings is 1. The topological polar surface area (TPSA) is 68.2 Å². The molecule has 110 valence electrons. The van der Waals surface area contributed by atoms with E-state index in [0.29, 0.717) is 36.8 Å². The molecule has 1 heterocycles. The Morgan fingerprint density at radius 2 is 2.25 bits per heavy atom. The van der Waals surface area contributed by atoms with Gasteiger partial charge in [0.25, 0.3) is 5.91 Å². The third kappa shape index (κ3) is 2.86. The van der Waals surface area contributed by atoms with Crippen molar-refractivity contribution >= 4 is 5.91 Å². The van der Waals surface area contributed by atoms with E-state index in [1.54, 1.807) is 23.1 Å². The third-order valence-corrected chi connectivity index (χ3v) is 3.26. The zero-order chi connectivity index (χ0) is 14.5. The Kier molecular flexibility index (Phi) is 4.81. The van der Waals surface area contributed by atoms with E-state index in [2.05, 4.69) is 0 Å². The molecule has 0 saturated carbocycles. The van der Waals surface area contributed by atoms with Crippen molar-refractivity contribution in [3.05, 3.63) is 23.8 Å². The van der Waals surface area contributed by atoms with Gasteiger partial charge < -0.3 is 24.2 Å². The van der Waals surface area contributed by atoms with Crippen LogP contribution < -0.4 is 9.47 Å². The van der Waals surface area contributed by atoms with Gasteiger partial charge >= 0.3 is 0 Å². The van der Waals surface area contributed by atoms with E-state index in [0.717, 1.165) is 0 Å². The Balaban J connectivity index is 2.24. The average molecular weight is 281 g/mol. The molecule has 1 saturated heterocycles. The lowest BCUT2D eigenvalue weighted by Crippen LogP contribution is -2.47. The minimum atomic E-state index is -0.329. The quantitative estimate of drug-likeness (QED) is 0.872. The van der Waals surface area contributed by atoms with Gasteiger partial charge in [-0.1, -0.05) is 6.07 Å². The number of hydrogen-bond acceptors (Lipinski definition) is 5. The van der Waals surface area contributed by atoms with E-state index in [1.165, 1.54) is 14.2 Å². The van der Waals surface area contributed by atoms with Crippen LogP contribution in [0.3, 0.4) is 0 Å². The molecule has 1 aliphatic heterocycles. The van der Waals surface area contributed by atoms with E-state index >= 15 is 0 Å². The summed E-state index contributed by atoms with van der Waals surface area (Å²) in [5, 5.41) is 9.14. The number of amides is 1. The Labute approximate surface area is 117 Å². The predicted octanol–water partition coefficient (Wildman–Crippen LogP) is 0.537. The molecule has 0 aromatic heterocycles. The van der Waals surface area contributed by atoms with Crippen LogP contribution >= 0.6 is 0 Å². The van der Waals surface area contributed by atoms with E-state index in [4.69, 9.17) is 19.3 Å². The number of nitrogens with zero attached hydrogens (tertiary/aromatic N) is 1. The number of carbonyl (C=O) groups excluding carboxylic acids is 1. The first-order valence-electron chi connectivity index (χ1n) is 6.44. The largest absolute Gasteiger partial charge is 0.493 e. The van der Waals surface area contributed by atoms with Crippen LogP contribution in [0.2, 0.25) is 0 Å². The molecule has 1 aromatic carbocycles. The van der Waals surface area contributed by atoms with Gasteiger partial charge in [0.15, 0.2) is 11.5 Å². The number of aliphatic hydroxyl groups is 1. The zero-order valence-electron chi connectivity index (χ0n) is 11.7. The van der Waals surface area contributed by atoms with Gasteiger partial charge in [0.05, 0.1) is 39.1 Å². The second-order valence-electron chi connectivity index (χ2n) is 4.47. The molecule has 0 aliphatic carbocycles. The summed E-state index contributed by atoms with van der Waals surface area (Å²) in [6, 6.07) is 5.19. The van der Waals surface area contributed by atoms with Crippen molar-refractivity contribution < 1.29 is 24.1 Å². The van der Waals surface area contributed by atoms with E-state index in [1.807, 2.05) is 0 Å². The van der Waals surface area contributed by atoms with Crippen molar-refractivity contribution in [2.75, 3.05) is 40.5 Å². The number of benzene rings is 1. The van der Waals surface area contributed by atoms with Crippen molar-refractivity contribution in [2.24, 2.45) is 0 Å². The summed E-state index contributed by atoms with van der Waals surface area (Å²) in [5.41, 5.74) is 0.449. The van der Waals surface area contributed by atoms with Crippen LogP contribution in [0.25, 0.3) is 0 Å². The first-order valence-corrected chi connectivity index (χ1v) is 6.44. The lowest BCUT2D eigenvalue weighted by Gasteiger charge is -2.32. The number of carbonyl (C=O) groups is 1. The van der Waals surface area contributed by atoms with Crippen LogP contribution in [0.15, 0.2) is 18.2 Å². The number of ether oxygens (including phenoxy) is 3. The molecule has 1 aliphatic rings. The zero-order valence-corrected chi connectivity index (χ0v) is 11.7. The normalized spacial score (nSPS) is 18.8. The lowest BCUT2D eigenvalue weighted by molar-refractivity contribution is -0.0447. The van der Waals surface area contributed by atoms with Gasteiger partial charge in [-0.2, -0.15) is 0 Å². The highest BCUT2D eigenvalue weighted by atomic mass is 16.5. The molecule has 6 heteroatoms. The monoisotopic (exact) mass is 281 g/mol. The fraction of sp³-hybridized carbons (Fsp3) is 0.500. The fourth-order valence-corrected chi connectivity index (χ4v) is 2.24. The Morgan fingerprint density at radius 1 is 1.45 bits per heavy atom. The minimum absolute atomic E-state index is 0.0982. The molecular formula is C14H19NO5. The SMILES string of the molecule is COc1cccc(C(=O)N2CCOC(CO)C2)c1OC. The molecular weight excluding hydrogens is 262 g/mol. The second-order valence-corrected chi connectivity index (χ2v) is 4.47. The molecule has 2 rings (SSSR count). The van der Waals surface area contributed by atoms with Crippen molar-refractivity contribution in [3.63, 3.8) is 0 Å². The molecule has 20 heavy (non-hydrogen) atoms. The molecule has 6 nitrogen and oxygen atoms in total. The van der Waals surface area contributed by atoms with Gasteiger partial charge in [0.1, 0.15) is 0 Å². The Bertz CT molecular complexity index is 477. The van der Waals surface area contributed by atoms with Crippen LogP contribution in [0.1, 0.15) is 10.4 Å².